The van der Waals surface area contributed by atoms with Gasteiger partial charge in [-0.1, -0.05) is 31.0 Å². The lowest BCUT2D eigenvalue weighted by Gasteiger charge is -2.29. The van der Waals surface area contributed by atoms with E-state index < -0.39 is 4.87 Å². The summed E-state index contributed by atoms with van der Waals surface area (Å²) in [5.74, 6) is -0.846. The first kappa shape index (κ1) is 18.4. The van der Waals surface area contributed by atoms with Gasteiger partial charge in [0.15, 0.2) is 5.17 Å². The Morgan fingerprint density at radius 3 is 2.65 bits per heavy atom. The van der Waals surface area contributed by atoms with Gasteiger partial charge in [-0.15, -0.1) is 5.10 Å². The van der Waals surface area contributed by atoms with Crippen LogP contribution < -0.4 is 10.2 Å². The number of hydrazone groups is 1. The maximum absolute atomic E-state index is 13.5. The summed E-state index contributed by atoms with van der Waals surface area (Å²) in [6, 6.07) is 5.80. The van der Waals surface area contributed by atoms with Crippen molar-refractivity contribution in [3.8, 4) is 0 Å². The van der Waals surface area contributed by atoms with Crippen molar-refractivity contribution >= 4 is 40.3 Å². The normalized spacial score (nSPS) is 21.2. The second-order valence-electron chi connectivity index (χ2n) is 6.49. The van der Waals surface area contributed by atoms with Gasteiger partial charge >= 0.3 is 0 Å². The number of amidine groups is 1. The van der Waals surface area contributed by atoms with E-state index in [0.717, 1.165) is 41.4 Å². The molecule has 0 saturated carbocycles. The molecule has 8 heteroatoms. The van der Waals surface area contributed by atoms with Gasteiger partial charge in [-0.05, 0) is 31.2 Å². The quantitative estimate of drug-likeness (QED) is 0.880. The van der Waals surface area contributed by atoms with Crippen LogP contribution in [0.15, 0.2) is 23.3 Å². The molecule has 3 amide bonds. The van der Waals surface area contributed by atoms with Gasteiger partial charge in [0, 0.05) is 26.0 Å². The minimum absolute atomic E-state index is 0.198. The Kier molecular flexibility index (Phi) is 4.79. The van der Waals surface area contributed by atoms with Gasteiger partial charge in [0.05, 0.1) is 5.69 Å². The summed E-state index contributed by atoms with van der Waals surface area (Å²) in [5.41, 5.74) is 2.53. The van der Waals surface area contributed by atoms with Crippen LogP contribution in [0.2, 0.25) is 0 Å². The third kappa shape index (κ3) is 2.78. The Labute approximate surface area is 156 Å². The second-order valence-corrected chi connectivity index (χ2v) is 7.68. The second kappa shape index (κ2) is 6.75. The van der Waals surface area contributed by atoms with E-state index in [-0.39, 0.29) is 22.9 Å². The molecule has 1 spiro atoms. The molecular formula is C18H22N4O3S. The van der Waals surface area contributed by atoms with E-state index in [2.05, 4.69) is 17.3 Å². The van der Waals surface area contributed by atoms with E-state index in [1.807, 2.05) is 25.1 Å². The lowest BCUT2D eigenvalue weighted by atomic mass is 10.0. The van der Waals surface area contributed by atoms with E-state index in [1.165, 1.54) is 18.9 Å². The molecule has 26 heavy (non-hydrogen) atoms. The van der Waals surface area contributed by atoms with Crippen LogP contribution in [0.4, 0.5) is 5.69 Å². The molecule has 138 valence electrons. The van der Waals surface area contributed by atoms with Crippen LogP contribution in [0.25, 0.3) is 0 Å². The van der Waals surface area contributed by atoms with Gasteiger partial charge in [0.25, 0.3) is 5.91 Å². The first-order valence-corrected chi connectivity index (χ1v) is 9.42. The topological polar surface area (TPSA) is 82.1 Å². The van der Waals surface area contributed by atoms with Crippen molar-refractivity contribution in [1.29, 1.82) is 0 Å². The number of nitrogens with one attached hydrogen (secondary N) is 1. The predicted octanol–water partition coefficient (Wildman–Crippen LogP) is 2.30. The zero-order valence-electron chi connectivity index (χ0n) is 15.3. The molecule has 1 atom stereocenters. The number of anilines is 1. The van der Waals surface area contributed by atoms with Gasteiger partial charge in [0.1, 0.15) is 0 Å². The van der Waals surface area contributed by atoms with Gasteiger partial charge in [-0.25, -0.2) is 0 Å². The van der Waals surface area contributed by atoms with Crippen molar-refractivity contribution in [1.82, 2.24) is 10.3 Å². The van der Waals surface area contributed by atoms with E-state index in [4.69, 9.17) is 0 Å². The highest BCUT2D eigenvalue weighted by Crippen LogP contribution is 2.54. The van der Waals surface area contributed by atoms with Crippen molar-refractivity contribution in [2.75, 3.05) is 11.4 Å². The smallest absolute Gasteiger partial charge is 0.270 e. The van der Waals surface area contributed by atoms with Crippen molar-refractivity contribution in [2.45, 2.75) is 45.4 Å². The SMILES string of the molecule is CCCCN1C(=O)[C@]2(SC(NC(C)=O)=NN2C(C)=O)c2cc(C)ccc21. The van der Waals surface area contributed by atoms with Crippen LogP contribution in [0.1, 0.15) is 44.7 Å². The number of aryl methyl sites for hydroxylation is 1. The predicted molar refractivity (Wildman–Crippen MR) is 101 cm³/mol. The van der Waals surface area contributed by atoms with Gasteiger partial charge in [-0.3, -0.25) is 14.4 Å². The zero-order chi connectivity index (χ0) is 19.1. The van der Waals surface area contributed by atoms with Crippen molar-refractivity contribution in [2.24, 2.45) is 5.10 Å². The average Bonchev–Trinajstić information content (AvgIpc) is 3.04. The molecular weight excluding hydrogens is 352 g/mol. The fourth-order valence-corrected chi connectivity index (χ4v) is 4.59. The molecule has 0 saturated heterocycles. The van der Waals surface area contributed by atoms with Crippen LogP contribution in [-0.4, -0.2) is 34.4 Å². The van der Waals surface area contributed by atoms with E-state index in [0.29, 0.717) is 6.54 Å². The Bertz CT molecular complexity index is 823. The van der Waals surface area contributed by atoms with Crippen molar-refractivity contribution in [3.05, 3.63) is 29.3 Å². The van der Waals surface area contributed by atoms with Crippen LogP contribution in [0.3, 0.4) is 0 Å². The van der Waals surface area contributed by atoms with Crippen molar-refractivity contribution in [3.63, 3.8) is 0 Å². The maximum Gasteiger partial charge on any atom is 0.270 e. The summed E-state index contributed by atoms with van der Waals surface area (Å²) in [7, 11) is 0. The first-order chi connectivity index (χ1) is 12.3. The third-order valence-corrected chi connectivity index (χ3v) is 5.63. The van der Waals surface area contributed by atoms with Crippen LogP contribution >= 0.6 is 11.8 Å². The molecule has 2 heterocycles. The van der Waals surface area contributed by atoms with E-state index in [1.54, 1.807) is 4.90 Å². The highest BCUT2D eigenvalue weighted by molar-refractivity contribution is 8.15. The Hall–Kier alpha value is -2.35. The number of amides is 3. The molecule has 1 aromatic rings. The number of rotatable bonds is 3. The number of hydrogen-bond donors (Lipinski definition) is 1. The van der Waals surface area contributed by atoms with Gasteiger partial charge in [0.2, 0.25) is 16.7 Å². The summed E-state index contributed by atoms with van der Waals surface area (Å²) in [6.45, 7) is 7.33. The molecule has 0 fully saturated rings. The Morgan fingerprint density at radius 1 is 1.31 bits per heavy atom. The standard InChI is InChI=1S/C18H22N4O3S/c1-5-6-9-21-15-8-7-11(2)10-14(15)18(16(21)25)22(13(4)24)20-17(26-18)19-12(3)23/h7-8,10H,5-6,9H2,1-4H3,(H,19,20,23)/t18-/m1/s1. The molecule has 0 radical (unpaired) electrons. The van der Waals surface area contributed by atoms with Gasteiger partial charge in [-0.2, -0.15) is 5.01 Å². The fraction of sp³-hybridized carbons (Fsp3) is 0.444. The first-order valence-electron chi connectivity index (χ1n) is 8.60. The number of carbonyl (C=O) groups excluding carboxylic acids is 3. The molecule has 2 aliphatic heterocycles. The lowest BCUT2D eigenvalue weighted by Crippen LogP contribution is -2.48. The molecule has 7 nitrogen and oxygen atoms in total. The minimum Gasteiger partial charge on any atom is -0.309 e. The highest BCUT2D eigenvalue weighted by Gasteiger charge is 2.61. The summed E-state index contributed by atoms with van der Waals surface area (Å²) < 4.78 is 0. The molecule has 0 bridgehead atoms. The largest absolute Gasteiger partial charge is 0.309 e. The Balaban J connectivity index is 2.13. The molecule has 1 N–H and O–H groups in total. The summed E-state index contributed by atoms with van der Waals surface area (Å²) in [5, 5.41) is 8.31. The molecule has 2 aliphatic rings. The number of carbonyl (C=O) groups is 3. The number of thioether (sulfide) groups is 1. The third-order valence-electron chi connectivity index (χ3n) is 4.39. The lowest BCUT2D eigenvalue weighted by molar-refractivity contribution is -0.139. The summed E-state index contributed by atoms with van der Waals surface area (Å²) in [6.07, 6.45) is 1.81. The fourth-order valence-electron chi connectivity index (χ4n) is 3.26. The number of nitrogens with zero attached hydrogens (tertiary/aromatic N) is 3. The summed E-state index contributed by atoms with van der Waals surface area (Å²) >= 11 is 1.11. The molecule has 1 aromatic carbocycles. The van der Waals surface area contributed by atoms with Gasteiger partial charge < -0.3 is 10.2 Å². The van der Waals surface area contributed by atoms with E-state index >= 15 is 0 Å². The summed E-state index contributed by atoms with van der Waals surface area (Å²) in [4.78, 5) is 37.7. The van der Waals surface area contributed by atoms with Crippen molar-refractivity contribution < 1.29 is 14.4 Å². The van der Waals surface area contributed by atoms with E-state index in [9.17, 15) is 14.4 Å². The molecule has 3 rings (SSSR count). The molecule has 0 aromatic heterocycles. The Morgan fingerprint density at radius 2 is 2.04 bits per heavy atom. The van der Waals surface area contributed by atoms with Crippen LogP contribution in [-0.2, 0) is 19.3 Å². The molecule has 0 aliphatic carbocycles. The number of fused-ring (bicyclic) bond motifs is 2. The average molecular weight is 374 g/mol. The number of benzene rings is 1. The van der Waals surface area contributed by atoms with Crippen LogP contribution in [0, 0.1) is 6.92 Å². The maximum atomic E-state index is 13.5. The zero-order valence-corrected chi connectivity index (χ0v) is 16.1. The number of hydrogen-bond acceptors (Lipinski definition) is 5. The highest BCUT2D eigenvalue weighted by atomic mass is 32.2. The number of unbranched alkanes of at least 4 members (excludes halogenated alkanes) is 1. The minimum atomic E-state index is -1.29. The molecule has 0 unspecified atom stereocenters. The monoisotopic (exact) mass is 374 g/mol. The van der Waals surface area contributed by atoms with Crippen LogP contribution in [0.5, 0.6) is 0 Å².